The normalized spacial score (nSPS) is 14.4. The number of aliphatic hydroxyl groups excluding tert-OH is 1. The van der Waals surface area contributed by atoms with Crippen molar-refractivity contribution in [2.24, 2.45) is 5.92 Å². The third kappa shape index (κ3) is 4.13. The molecule has 0 radical (unpaired) electrons. The van der Waals surface area contributed by atoms with Gasteiger partial charge < -0.3 is 10.2 Å². The fraction of sp³-hybridized carbons (Fsp3) is 0.667. The summed E-state index contributed by atoms with van der Waals surface area (Å²) in [6.07, 6.45) is 3.18. The zero-order valence-electron chi connectivity index (χ0n) is 7.58. The number of rotatable bonds is 5. The molecule has 0 saturated heterocycles. The number of allylic oxidation sites excluding steroid dienone is 1. The van der Waals surface area contributed by atoms with Crippen molar-refractivity contribution in [3.63, 3.8) is 0 Å². The maximum absolute atomic E-state index is 10.4. The summed E-state index contributed by atoms with van der Waals surface area (Å²) in [6, 6.07) is 0. The highest BCUT2D eigenvalue weighted by Crippen LogP contribution is 2.09. The average Bonchev–Trinajstić information content (AvgIpc) is 2.05. The van der Waals surface area contributed by atoms with E-state index < -0.39 is 5.97 Å². The third-order valence-electron chi connectivity index (χ3n) is 1.93. The SMILES string of the molecule is CCC(CO)C/C=C(\C)C(=O)O. The number of aliphatic hydroxyl groups is 1. The predicted molar refractivity (Wildman–Crippen MR) is 46.9 cm³/mol. The minimum Gasteiger partial charge on any atom is -0.478 e. The first-order valence-corrected chi connectivity index (χ1v) is 4.12. The smallest absolute Gasteiger partial charge is 0.330 e. The Labute approximate surface area is 72.7 Å². The van der Waals surface area contributed by atoms with Crippen LogP contribution in [0.15, 0.2) is 11.6 Å². The fourth-order valence-corrected chi connectivity index (χ4v) is 0.801. The largest absolute Gasteiger partial charge is 0.478 e. The molecule has 0 amide bonds. The van der Waals surface area contributed by atoms with Crippen LogP contribution >= 0.6 is 0 Å². The van der Waals surface area contributed by atoms with E-state index in [9.17, 15) is 4.79 Å². The quantitative estimate of drug-likeness (QED) is 0.617. The van der Waals surface area contributed by atoms with Gasteiger partial charge in [0, 0.05) is 12.2 Å². The number of carboxylic acids is 1. The number of carbonyl (C=O) groups is 1. The van der Waals surface area contributed by atoms with Crippen molar-refractivity contribution < 1.29 is 15.0 Å². The van der Waals surface area contributed by atoms with Gasteiger partial charge in [0.2, 0.25) is 0 Å². The summed E-state index contributed by atoms with van der Waals surface area (Å²) in [5.74, 6) is -0.693. The van der Waals surface area contributed by atoms with Gasteiger partial charge in [-0.2, -0.15) is 0 Å². The number of aliphatic carboxylic acids is 1. The van der Waals surface area contributed by atoms with Crippen LogP contribution < -0.4 is 0 Å². The first-order valence-electron chi connectivity index (χ1n) is 4.12. The summed E-state index contributed by atoms with van der Waals surface area (Å²) in [6.45, 7) is 3.66. The van der Waals surface area contributed by atoms with Crippen LogP contribution in [-0.4, -0.2) is 22.8 Å². The van der Waals surface area contributed by atoms with Crippen LogP contribution in [0.4, 0.5) is 0 Å². The lowest BCUT2D eigenvalue weighted by atomic mass is 10.0. The van der Waals surface area contributed by atoms with Crippen LogP contribution in [0.3, 0.4) is 0 Å². The summed E-state index contributed by atoms with van der Waals surface area (Å²) in [5.41, 5.74) is 0.349. The topological polar surface area (TPSA) is 57.5 Å². The van der Waals surface area contributed by atoms with E-state index in [-0.39, 0.29) is 12.5 Å². The van der Waals surface area contributed by atoms with Gasteiger partial charge in [0.15, 0.2) is 0 Å². The summed E-state index contributed by atoms with van der Waals surface area (Å²) in [5, 5.41) is 17.3. The zero-order valence-corrected chi connectivity index (χ0v) is 7.58. The molecule has 2 N–H and O–H groups in total. The molecule has 1 atom stereocenters. The van der Waals surface area contributed by atoms with Gasteiger partial charge >= 0.3 is 5.97 Å². The minimum atomic E-state index is -0.886. The lowest BCUT2D eigenvalue weighted by Crippen LogP contribution is -2.04. The van der Waals surface area contributed by atoms with E-state index in [0.717, 1.165) is 6.42 Å². The molecule has 3 nitrogen and oxygen atoms in total. The molecule has 0 aromatic carbocycles. The molecule has 0 saturated carbocycles. The minimum absolute atomic E-state index is 0.125. The van der Waals surface area contributed by atoms with Crippen LogP contribution in [0, 0.1) is 5.92 Å². The Morgan fingerprint density at radius 1 is 1.58 bits per heavy atom. The molecule has 0 aliphatic rings. The molecule has 0 fully saturated rings. The van der Waals surface area contributed by atoms with E-state index in [1.54, 1.807) is 13.0 Å². The lowest BCUT2D eigenvalue weighted by Gasteiger charge is -2.07. The van der Waals surface area contributed by atoms with Crippen LogP contribution in [0.1, 0.15) is 26.7 Å². The Bertz CT molecular complexity index is 169. The summed E-state index contributed by atoms with van der Waals surface area (Å²) >= 11 is 0. The monoisotopic (exact) mass is 172 g/mol. The van der Waals surface area contributed by atoms with Crippen molar-refractivity contribution in [3.8, 4) is 0 Å². The van der Waals surface area contributed by atoms with E-state index in [0.29, 0.717) is 12.0 Å². The van der Waals surface area contributed by atoms with E-state index in [1.165, 1.54) is 0 Å². The molecule has 0 aliphatic heterocycles. The van der Waals surface area contributed by atoms with E-state index in [1.807, 2.05) is 6.92 Å². The molecule has 0 aromatic heterocycles. The fourth-order valence-electron chi connectivity index (χ4n) is 0.801. The van der Waals surface area contributed by atoms with E-state index in [4.69, 9.17) is 10.2 Å². The molecule has 0 bridgehead atoms. The van der Waals surface area contributed by atoms with Crippen molar-refractivity contribution in [2.45, 2.75) is 26.7 Å². The van der Waals surface area contributed by atoms with Gasteiger partial charge in [-0.15, -0.1) is 0 Å². The Balaban J connectivity index is 3.93. The van der Waals surface area contributed by atoms with Gasteiger partial charge in [-0.05, 0) is 19.3 Å². The maximum Gasteiger partial charge on any atom is 0.330 e. The van der Waals surface area contributed by atoms with Gasteiger partial charge in [0.25, 0.3) is 0 Å². The summed E-state index contributed by atoms with van der Waals surface area (Å²) in [4.78, 5) is 10.4. The van der Waals surface area contributed by atoms with E-state index >= 15 is 0 Å². The lowest BCUT2D eigenvalue weighted by molar-refractivity contribution is -0.132. The average molecular weight is 172 g/mol. The van der Waals surface area contributed by atoms with Crippen LogP contribution in [0.5, 0.6) is 0 Å². The van der Waals surface area contributed by atoms with Gasteiger partial charge in [0.05, 0.1) is 0 Å². The van der Waals surface area contributed by atoms with E-state index in [2.05, 4.69) is 0 Å². The second kappa shape index (κ2) is 5.77. The van der Waals surface area contributed by atoms with Crippen molar-refractivity contribution in [3.05, 3.63) is 11.6 Å². The van der Waals surface area contributed by atoms with Crippen LogP contribution in [0.25, 0.3) is 0 Å². The second-order valence-corrected chi connectivity index (χ2v) is 2.88. The van der Waals surface area contributed by atoms with Crippen molar-refractivity contribution in [2.75, 3.05) is 6.61 Å². The predicted octanol–water partition coefficient (Wildman–Crippen LogP) is 1.43. The molecular formula is C9H16O3. The van der Waals surface area contributed by atoms with Crippen LogP contribution in [0.2, 0.25) is 0 Å². The zero-order chi connectivity index (χ0) is 9.56. The third-order valence-corrected chi connectivity index (χ3v) is 1.93. The Hall–Kier alpha value is -0.830. The molecular weight excluding hydrogens is 156 g/mol. The molecule has 0 aromatic rings. The maximum atomic E-state index is 10.4. The highest BCUT2D eigenvalue weighted by molar-refractivity contribution is 5.85. The Morgan fingerprint density at radius 2 is 2.17 bits per heavy atom. The standard InChI is InChI=1S/C9H16O3/c1-3-8(6-10)5-4-7(2)9(11)12/h4,8,10H,3,5-6H2,1-2H3,(H,11,12)/b7-4+. The van der Waals surface area contributed by atoms with Gasteiger partial charge in [0.1, 0.15) is 0 Å². The second-order valence-electron chi connectivity index (χ2n) is 2.88. The molecule has 1 unspecified atom stereocenters. The molecule has 70 valence electrons. The van der Waals surface area contributed by atoms with Gasteiger partial charge in [-0.25, -0.2) is 4.79 Å². The Kier molecular flexibility index (Phi) is 5.37. The number of hydrogen-bond donors (Lipinski definition) is 2. The summed E-state index contributed by atoms with van der Waals surface area (Å²) < 4.78 is 0. The van der Waals surface area contributed by atoms with Crippen molar-refractivity contribution >= 4 is 5.97 Å². The highest BCUT2D eigenvalue weighted by Gasteiger charge is 2.04. The highest BCUT2D eigenvalue weighted by atomic mass is 16.4. The molecule has 12 heavy (non-hydrogen) atoms. The van der Waals surface area contributed by atoms with Gasteiger partial charge in [-0.1, -0.05) is 19.4 Å². The molecule has 0 spiro atoms. The molecule has 0 rings (SSSR count). The first-order chi connectivity index (χ1) is 5.61. The Morgan fingerprint density at radius 3 is 2.50 bits per heavy atom. The van der Waals surface area contributed by atoms with Crippen LogP contribution in [-0.2, 0) is 4.79 Å². The van der Waals surface area contributed by atoms with Crippen molar-refractivity contribution in [1.29, 1.82) is 0 Å². The molecule has 3 heteroatoms. The number of carboxylic acid groups (broad SMARTS) is 1. The summed E-state index contributed by atoms with van der Waals surface area (Å²) in [7, 11) is 0. The van der Waals surface area contributed by atoms with Crippen molar-refractivity contribution in [1.82, 2.24) is 0 Å². The molecule has 0 heterocycles. The first kappa shape index (κ1) is 11.2. The molecule has 0 aliphatic carbocycles. The van der Waals surface area contributed by atoms with Gasteiger partial charge in [-0.3, -0.25) is 0 Å². The number of hydrogen-bond acceptors (Lipinski definition) is 2.